The van der Waals surface area contributed by atoms with Crippen LogP contribution in [0.2, 0.25) is 0 Å². The summed E-state index contributed by atoms with van der Waals surface area (Å²) in [6.45, 7) is 1.70. The van der Waals surface area contributed by atoms with Gasteiger partial charge in [0.05, 0.1) is 27.6 Å². The van der Waals surface area contributed by atoms with Crippen molar-refractivity contribution < 1.29 is 30.0 Å². The maximum atomic E-state index is 13.2. The fourth-order valence-electron chi connectivity index (χ4n) is 3.13. The van der Waals surface area contributed by atoms with Crippen LogP contribution in [-0.4, -0.2) is 29.1 Å². The smallest absolute Gasteiger partial charge is 0.279 e. The molecule has 0 amide bonds. The van der Waals surface area contributed by atoms with E-state index >= 15 is 0 Å². The lowest BCUT2D eigenvalue weighted by Gasteiger charge is -2.28. The predicted molar refractivity (Wildman–Crippen MR) is 104 cm³/mol. The second kappa shape index (κ2) is 7.52. The van der Waals surface area contributed by atoms with Crippen LogP contribution in [0.3, 0.4) is 0 Å². The van der Waals surface area contributed by atoms with Gasteiger partial charge in [0.1, 0.15) is 0 Å². The fourth-order valence-corrected chi connectivity index (χ4v) is 6.11. The summed E-state index contributed by atoms with van der Waals surface area (Å²) in [6, 6.07) is 8.35. The summed E-state index contributed by atoms with van der Waals surface area (Å²) in [5.41, 5.74) is -1.27. The third kappa shape index (κ3) is 4.50. The highest BCUT2D eigenvalue weighted by Crippen LogP contribution is 2.36. The molecule has 29 heavy (non-hydrogen) atoms. The standard InChI is InChI=1S/C18H19F3N2O4S2/c1-13-8-9-14(23-10-4-5-11-28(23,24)25)12-17(13)29(26,27)22-16-7-3-2-6-15(16)18(19,20)21/h2-3,6-9,12,22H,4-5,10-11H2,1H3. The molecule has 0 spiro atoms. The molecule has 0 radical (unpaired) electrons. The summed E-state index contributed by atoms with van der Waals surface area (Å²) in [7, 11) is -7.96. The minimum Gasteiger partial charge on any atom is -0.279 e. The third-order valence-corrected chi connectivity index (χ3v) is 7.95. The zero-order valence-electron chi connectivity index (χ0n) is 15.4. The van der Waals surface area contributed by atoms with E-state index in [-0.39, 0.29) is 28.4 Å². The zero-order valence-corrected chi connectivity index (χ0v) is 17.0. The highest BCUT2D eigenvalue weighted by atomic mass is 32.2. The maximum absolute atomic E-state index is 13.2. The molecule has 1 fully saturated rings. The van der Waals surface area contributed by atoms with Gasteiger partial charge >= 0.3 is 6.18 Å². The van der Waals surface area contributed by atoms with Crippen LogP contribution < -0.4 is 9.03 Å². The fraction of sp³-hybridized carbons (Fsp3) is 0.333. The predicted octanol–water partition coefficient (Wildman–Crippen LogP) is 3.74. The van der Waals surface area contributed by atoms with Gasteiger partial charge in [-0.3, -0.25) is 9.03 Å². The van der Waals surface area contributed by atoms with Crippen LogP contribution in [0.4, 0.5) is 24.5 Å². The van der Waals surface area contributed by atoms with Gasteiger partial charge in [0.15, 0.2) is 0 Å². The number of sulfonamides is 2. The molecule has 1 aliphatic heterocycles. The summed E-state index contributed by atoms with van der Waals surface area (Å²) in [4.78, 5) is -0.284. The number of halogens is 3. The van der Waals surface area contributed by atoms with E-state index < -0.39 is 37.5 Å². The Morgan fingerprint density at radius 3 is 2.41 bits per heavy atom. The van der Waals surface area contributed by atoms with Crippen molar-refractivity contribution in [1.82, 2.24) is 0 Å². The molecule has 3 rings (SSSR count). The van der Waals surface area contributed by atoms with Crippen molar-refractivity contribution >= 4 is 31.4 Å². The average molecular weight is 448 g/mol. The van der Waals surface area contributed by atoms with Crippen LogP contribution in [0.5, 0.6) is 0 Å². The lowest BCUT2D eigenvalue weighted by molar-refractivity contribution is -0.136. The normalized spacial score (nSPS) is 17.2. The zero-order chi connectivity index (χ0) is 21.4. The number of benzene rings is 2. The molecule has 0 bridgehead atoms. The Bertz CT molecular complexity index is 1130. The lowest BCUT2D eigenvalue weighted by Crippen LogP contribution is -2.38. The van der Waals surface area contributed by atoms with Gasteiger partial charge in [-0.05, 0) is 49.6 Å². The topological polar surface area (TPSA) is 83.6 Å². The molecule has 6 nitrogen and oxygen atoms in total. The number of hydrogen-bond acceptors (Lipinski definition) is 4. The summed E-state index contributed by atoms with van der Waals surface area (Å²) < 4.78 is 93.0. The third-order valence-electron chi connectivity index (χ3n) is 4.58. The first-order valence-corrected chi connectivity index (χ1v) is 11.8. The monoisotopic (exact) mass is 448 g/mol. The Hall–Kier alpha value is -2.27. The van der Waals surface area contributed by atoms with E-state index in [9.17, 15) is 30.0 Å². The molecule has 1 aliphatic rings. The van der Waals surface area contributed by atoms with Crippen LogP contribution in [0.15, 0.2) is 47.4 Å². The Labute approximate surface area is 167 Å². The number of anilines is 2. The van der Waals surface area contributed by atoms with E-state index in [1.165, 1.54) is 31.2 Å². The van der Waals surface area contributed by atoms with E-state index in [1.807, 2.05) is 4.72 Å². The van der Waals surface area contributed by atoms with Crippen molar-refractivity contribution in [2.24, 2.45) is 0 Å². The van der Waals surface area contributed by atoms with Crippen molar-refractivity contribution in [3.05, 3.63) is 53.6 Å². The average Bonchev–Trinajstić information content (AvgIpc) is 2.61. The molecule has 0 saturated carbocycles. The van der Waals surface area contributed by atoms with Crippen LogP contribution in [0.1, 0.15) is 24.0 Å². The molecule has 0 aromatic heterocycles. The van der Waals surface area contributed by atoms with Crippen molar-refractivity contribution in [1.29, 1.82) is 0 Å². The molecule has 0 atom stereocenters. The second-order valence-electron chi connectivity index (χ2n) is 6.69. The van der Waals surface area contributed by atoms with Crippen molar-refractivity contribution in [3.8, 4) is 0 Å². The Morgan fingerprint density at radius 1 is 1.07 bits per heavy atom. The van der Waals surface area contributed by atoms with Gasteiger partial charge in [0.2, 0.25) is 10.0 Å². The molecule has 0 aliphatic carbocycles. The van der Waals surface area contributed by atoms with Crippen molar-refractivity contribution in [2.75, 3.05) is 21.3 Å². The molecule has 2 aromatic rings. The second-order valence-corrected chi connectivity index (χ2v) is 10.4. The van der Waals surface area contributed by atoms with Gasteiger partial charge in [-0.2, -0.15) is 13.2 Å². The van der Waals surface area contributed by atoms with Gasteiger partial charge in [0, 0.05) is 6.54 Å². The quantitative estimate of drug-likeness (QED) is 0.772. The highest BCUT2D eigenvalue weighted by molar-refractivity contribution is 7.93. The SMILES string of the molecule is Cc1ccc(N2CCCCS2(=O)=O)cc1S(=O)(=O)Nc1ccccc1C(F)(F)F. The van der Waals surface area contributed by atoms with Gasteiger partial charge in [-0.25, -0.2) is 16.8 Å². The minimum absolute atomic E-state index is 0.0415. The summed E-state index contributed by atoms with van der Waals surface area (Å²) in [5, 5.41) is 0. The van der Waals surface area contributed by atoms with E-state index in [2.05, 4.69) is 0 Å². The van der Waals surface area contributed by atoms with Gasteiger partial charge < -0.3 is 0 Å². The molecular formula is C18H19F3N2O4S2. The number of rotatable bonds is 4. The van der Waals surface area contributed by atoms with Crippen LogP contribution in [0.25, 0.3) is 0 Å². The molecule has 1 N–H and O–H groups in total. The Kier molecular flexibility index (Phi) is 5.56. The summed E-state index contributed by atoms with van der Waals surface area (Å²) >= 11 is 0. The lowest BCUT2D eigenvalue weighted by atomic mass is 10.2. The molecule has 11 heteroatoms. The number of nitrogens with one attached hydrogen (secondary N) is 1. The summed E-state index contributed by atoms with van der Waals surface area (Å²) in [6.07, 6.45) is -3.59. The first-order valence-electron chi connectivity index (χ1n) is 8.72. The number of hydrogen-bond donors (Lipinski definition) is 1. The largest absolute Gasteiger partial charge is 0.418 e. The Morgan fingerprint density at radius 2 is 1.76 bits per heavy atom. The maximum Gasteiger partial charge on any atom is 0.418 e. The van der Waals surface area contributed by atoms with Crippen LogP contribution >= 0.6 is 0 Å². The molecule has 0 unspecified atom stereocenters. The number of alkyl halides is 3. The first kappa shape index (κ1) is 21.4. The van der Waals surface area contributed by atoms with E-state index in [0.29, 0.717) is 12.8 Å². The molecule has 158 valence electrons. The van der Waals surface area contributed by atoms with E-state index in [4.69, 9.17) is 0 Å². The molecular weight excluding hydrogens is 429 g/mol. The minimum atomic E-state index is -4.74. The molecule has 1 saturated heterocycles. The molecule has 2 aromatic carbocycles. The van der Waals surface area contributed by atoms with Crippen LogP contribution in [0, 0.1) is 6.92 Å². The number of para-hydroxylation sites is 1. The van der Waals surface area contributed by atoms with Crippen molar-refractivity contribution in [2.45, 2.75) is 30.8 Å². The molecule has 1 heterocycles. The number of nitrogens with zero attached hydrogens (tertiary/aromatic N) is 1. The first-order chi connectivity index (χ1) is 13.4. The summed E-state index contributed by atoms with van der Waals surface area (Å²) in [5.74, 6) is -0.0415. The highest BCUT2D eigenvalue weighted by Gasteiger charge is 2.35. The van der Waals surface area contributed by atoms with Gasteiger partial charge in [-0.1, -0.05) is 18.2 Å². The van der Waals surface area contributed by atoms with Gasteiger partial charge in [0.25, 0.3) is 10.0 Å². The number of aryl methyl sites for hydroxylation is 1. The van der Waals surface area contributed by atoms with E-state index in [0.717, 1.165) is 22.5 Å². The van der Waals surface area contributed by atoms with Crippen LogP contribution in [-0.2, 0) is 26.2 Å². The van der Waals surface area contributed by atoms with E-state index in [1.54, 1.807) is 0 Å². The van der Waals surface area contributed by atoms with Gasteiger partial charge in [-0.15, -0.1) is 0 Å². The Balaban J connectivity index is 2.03. The van der Waals surface area contributed by atoms with Crippen molar-refractivity contribution in [3.63, 3.8) is 0 Å².